The molecule has 3 aromatic carbocycles. The summed E-state index contributed by atoms with van der Waals surface area (Å²) in [5.74, 6) is 0. The van der Waals surface area contributed by atoms with Gasteiger partial charge in [-0.15, -0.1) is 0 Å². The number of fused-ring (bicyclic) bond motifs is 2. The van der Waals surface area contributed by atoms with Crippen LogP contribution < -0.4 is 0 Å². The molecule has 4 nitrogen and oxygen atoms in total. The second kappa shape index (κ2) is 9.22. The molecule has 2 aliphatic rings. The van der Waals surface area contributed by atoms with Gasteiger partial charge in [0.25, 0.3) is 0 Å². The molecule has 0 bridgehead atoms. The average molecular weight is 481 g/mol. The molecule has 0 radical (unpaired) electrons. The minimum absolute atomic E-state index is 0.141. The number of halogens is 1. The van der Waals surface area contributed by atoms with Gasteiger partial charge in [0.1, 0.15) is 0 Å². The summed E-state index contributed by atoms with van der Waals surface area (Å²) in [6, 6.07) is 25.5. The Bertz CT molecular complexity index is 1200. The summed E-state index contributed by atoms with van der Waals surface area (Å²) >= 11 is 6.00. The van der Waals surface area contributed by atoms with Gasteiger partial charge in [0.15, 0.2) is 0 Å². The van der Waals surface area contributed by atoms with Gasteiger partial charge in [0.2, 0.25) is 10.0 Å². The van der Waals surface area contributed by atoms with Crippen LogP contribution in [0.5, 0.6) is 0 Å². The minimum Gasteiger partial charge on any atom is -0.303 e. The van der Waals surface area contributed by atoms with Crippen LogP contribution in [0.4, 0.5) is 0 Å². The van der Waals surface area contributed by atoms with Crippen LogP contribution in [0, 0.1) is 0 Å². The van der Waals surface area contributed by atoms with E-state index in [9.17, 15) is 8.42 Å². The number of hydrogen-bond acceptors (Lipinski definition) is 3. The van der Waals surface area contributed by atoms with Crippen LogP contribution in [0.15, 0.2) is 83.8 Å². The molecule has 1 spiro atoms. The van der Waals surface area contributed by atoms with E-state index in [4.69, 9.17) is 11.6 Å². The first kappa shape index (κ1) is 22.6. The number of rotatable bonds is 5. The van der Waals surface area contributed by atoms with E-state index in [2.05, 4.69) is 53.4 Å². The SMILES string of the molecule is O=S(=O)(c1ccc(Cl)cc1)N1Cc2ccccc2C2(CCN(CCc3ccccc3)CC2)C1. The zero-order valence-corrected chi connectivity index (χ0v) is 20.2. The van der Waals surface area contributed by atoms with Crippen LogP contribution in [-0.2, 0) is 28.4 Å². The molecule has 0 unspecified atom stereocenters. The van der Waals surface area contributed by atoms with Crippen molar-refractivity contribution in [2.75, 3.05) is 26.2 Å². The fraction of sp³-hybridized carbons (Fsp3) is 0.333. The lowest BCUT2D eigenvalue weighted by molar-refractivity contribution is 0.130. The predicted octanol–water partition coefficient (Wildman–Crippen LogP) is 5.12. The highest BCUT2D eigenvalue weighted by Gasteiger charge is 2.44. The molecule has 0 saturated carbocycles. The van der Waals surface area contributed by atoms with Crippen molar-refractivity contribution < 1.29 is 8.42 Å². The zero-order valence-electron chi connectivity index (χ0n) is 18.7. The van der Waals surface area contributed by atoms with Gasteiger partial charge in [0.05, 0.1) is 4.90 Å². The smallest absolute Gasteiger partial charge is 0.243 e. The number of likely N-dealkylation sites (tertiary alicyclic amines) is 1. The largest absolute Gasteiger partial charge is 0.303 e. The lowest BCUT2D eigenvalue weighted by Gasteiger charge is -2.48. The molecule has 0 aliphatic carbocycles. The molecule has 0 N–H and O–H groups in total. The summed E-state index contributed by atoms with van der Waals surface area (Å²) < 4.78 is 28.7. The molecule has 33 heavy (non-hydrogen) atoms. The summed E-state index contributed by atoms with van der Waals surface area (Å²) in [4.78, 5) is 2.83. The molecule has 172 valence electrons. The Labute approximate surface area is 201 Å². The zero-order chi connectivity index (χ0) is 22.9. The van der Waals surface area contributed by atoms with Crippen molar-refractivity contribution >= 4 is 21.6 Å². The molecule has 0 atom stereocenters. The Kier molecular flexibility index (Phi) is 6.32. The van der Waals surface area contributed by atoms with Gasteiger partial charge >= 0.3 is 0 Å². The van der Waals surface area contributed by atoms with E-state index in [1.54, 1.807) is 28.6 Å². The quantitative estimate of drug-likeness (QED) is 0.508. The first-order valence-electron chi connectivity index (χ1n) is 11.6. The van der Waals surface area contributed by atoms with Gasteiger partial charge in [-0.3, -0.25) is 0 Å². The third-order valence-corrected chi connectivity index (χ3v) is 9.30. The summed E-state index contributed by atoms with van der Waals surface area (Å²) in [6.45, 7) is 3.95. The number of benzene rings is 3. The van der Waals surface area contributed by atoms with Gasteiger partial charge in [-0.05, 0) is 73.3 Å². The van der Waals surface area contributed by atoms with E-state index in [0.717, 1.165) is 44.5 Å². The maximum absolute atomic E-state index is 13.5. The fourth-order valence-electron chi connectivity index (χ4n) is 5.33. The van der Waals surface area contributed by atoms with Crippen molar-refractivity contribution in [3.8, 4) is 0 Å². The van der Waals surface area contributed by atoms with Crippen LogP contribution in [0.1, 0.15) is 29.5 Å². The van der Waals surface area contributed by atoms with Crippen LogP contribution in [0.2, 0.25) is 5.02 Å². The second-order valence-corrected chi connectivity index (χ2v) is 11.6. The fourth-order valence-corrected chi connectivity index (χ4v) is 6.96. The third kappa shape index (κ3) is 4.60. The highest BCUT2D eigenvalue weighted by atomic mass is 35.5. The Balaban J connectivity index is 1.36. The molecule has 2 aliphatic heterocycles. The summed E-state index contributed by atoms with van der Waals surface area (Å²) in [6.07, 6.45) is 2.97. The highest BCUT2D eigenvalue weighted by molar-refractivity contribution is 7.89. The van der Waals surface area contributed by atoms with Crippen molar-refractivity contribution in [1.82, 2.24) is 9.21 Å². The van der Waals surface area contributed by atoms with E-state index in [0.29, 0.717) is 23.0 Å². The van der Waals surface area contributed by atoms with Crippen LogP contribution in [-0.4, -0.2) is 43.8 Å². The number of sulfonamides is 1. The Morgan fingerprint density at radius 3 is 2.24 bits per heavy atom. The van der Waals surface area contributed by atoms with Crippen LogP contribution >= 0.6 is 11.6 Å². The van der Waals surface area contributed by atoms with Crippen molar-refractivity contribution in [1.29, 1.82) is 0 Å². The van der Waals surface area contributed by atoms with E-state index in [1.165, 1.54) is 11.1 Å². The summed E-state index contributed by atoms with van der Waals surface area (Å²) in [7, 11) is -3.60. The molecule has 5 rings (SSSR count). The van der Waals surface area contributed by atoms with Gasteiger partial charge in [0, 0.05) is 30.1 Å². The molecule has 0 amide bonds. The van der Waals surface area contributed by atoms with Gasteiger partial charge in [-0.25, -0.2) is 8.42 Å². The standard InChI is InChI=1S/C27H29ClN2O2S/c28-24-10-12-25(13-11-24)33(31,32)30-20-23-8-4-5-9-26(23)27(21-30)15-18-29(19-16-27)17-14-22-6-2-1-3-7-22/h1-13H,14-21H2. The van der Waals surface area contributed by atoms with Gasteiger partial charge in [-0.2, -0.15) is 4.31 Å². The molecule has 0 aromatic heterocycles. The summed E-state index contributed by atoms with van der Waals surface area (Å²) in [5.41, 5.74) is 3.67. The van der Waals surface area contributed by atoms with Crippen molar-refractivity contribution in [2.24, 2.45) is 0 Å². The topological polar surface area (TPSA) is 40.6 Å². The maximum Gasteiger partial charge on any atom is 0.243 e. The van der Waals surface area contributed by atoms with Crippen molar-refractivity contribution in [2.45, 2.75) is 36.1 Å². The molecular formula is C27H29ClN2O2S. The first-order valence-corrected chi connectivity index (χ1v) is 13.4. The molecule has 1 fully saturated rings. The Morgan fingerprint density at radius 2 is 1.52 bits per heavy atom. The second-order valence-electron chi connectivity index (χ2n) is 9.24. The number of hydrogen-bond donors (Lipinski definition) is 0. The minimum atomic E-state index is -3.60. The van der Waals surface area contributed by atoms with Crippen molar-refractivity contribution in [3.63, 3.8) is 0 Å². The third-order valence-electron chi connectivity index (χ3n) is 7.24. The Hall–Kier alpha value is -2.18. The molecule has 6 heteroatoms. The summed E-state index contributed by atoms with van der Waals surface area (Å²) in [5, 5.41) is 0.539. The van der Waals surface area contributed by atoms with E-state index in [-0.39, 0.29) is 5.41 Å². The first-order chi connectivity index (χ1) is 16.0. The highest BCUT2D eigenvalue weighted by Crippen LogP contribution is 2.43. The van der Waals surface area contributed by atoms with E-state index in [1.807, 2.05) is 6.07 Å². The predicted molar refractivity (Wildman–Crippen MR) is 133 cm³/mol. The van der Waals surface area contributed by atoms with E-state index >= 15 is 0 Å². The normalized spacial score (nSPS) is 18.8. The molecule has 2 heterocycles. The van der Waals surface area contributed by atoms with Gasteiger partial charge < -0.3 is 4.90 Å². The number of piperidine rings is 1. The Morgan fingerprint density at radius 1 is 0.848 bits per heavy atom. The van der Waals surface area contributed by atoms with Crippen LogP contribution in [0.3, 0.4) is 0 Å². The lowest BCUT2D eigenvalue weighted by atomic mass is 9.69. The molecule has 3 aromatic rings. The monoisotopic (exact) mass is 480 g/mol. The lowest BCUT2D eigenvalue weighted by Crippen LogP contribution is -2.53. The maximum atomic E-state index is 13.5. The van der Waals surface area contributed by atoms with Gasteiger partial charge in [-0.1, -0.05) is 66.2 Å². The van der Waals surface area contributed by atoms with Crippen molar-refractivity contribution in [3.05, 3.63) is 101 Å². The average Bonchev–Trinajstić information content (AvgIpc) is 2.85. The number of nitrogens with zero attached hydrogens (tertiary/aromatic N) is 2. The van der Waals surface area contributed by atoms with E-state index < -0.39 is 10.0 Å². The van der Waals surface area contributed by atoms with Crippen LogP contribution in [0.25, 0.3) is 0 Å². The molecular weight excluding hydrogens is 452 g/mol. The molecule has 1 saturated heterocycles.